The zero-order valence-corrected chi connectivity index (χ0v) is 20.9. The van der Waals surface area contributed by atoms with Crippen molar-refractivity contribution in [2.75, 3.05) is 45.9 Å². The average molecular weight is 475 g/mol. The van der Waals surface area contributed by atoms with Crippen molar-refractivity contribution in [2.45, 2.75) is 96.2 Å². The minimum atomic E-state index is -1.15. The molecule has 1 amide bonds. The van der Waals surface area contributed by atoms with Crippen LogP contribution in [-0.2, 0) is 14.3 Å². The second-order valence-corrected chi connectivity index (χ2v) is 8.87. The third kappa shape index (κ3) is 12.5. The number of carbonyl (C=O) groups excluding carboxylic acids is 1. The van der Waals surface area contributed by atoms with E-state index in [0.717, 1.165) is 84.1 Å². The van der Waals surface area contributed by atoms with E-state index in [2.05, 4.69) is 22.9 Å². The van der Waals surface area contributed by atoms with Crippen LogP contribution in [0.25, 0.3) is 0 Å². The Labute approximate surface area is 200 Å². The van der Waals surface area contributed by atoms with E-state index in [1.807, 2.05) is 0 Å². The van der Waals surface area contributed by atoms with Gasteiger partial charge in [0.1, 0.15) is 12.2 Å². The number of nitrogens with one attached hydrogen (secondary N) is 3. The van der Waals surface area contributed by atoms with E-state index in [-0.39, 0.29) is 5.91 Å². The van der Waals surface area contributed by atoms with Crippen LogP contribution in [0.4, 0.5) is 0 Å². The Hall–Kier alpha value is -0.810. The molecule has 1 rings (SSSR count). The summed E-state index contributed by atoms with van der Waals surface area (Å²) in [5, 5.41) is 30.8. The van der Waals surface area contributed by atoms with Crippen molar-refractivity contribution in [1.82, 2.24) is 16.0 Å². The maximum Gasteiger partial charge on any atom is 0.249 e. The fourth-order valence-corrected chi connectivity index (χ4v) is 4.11. The van der Waals surface area contributed by atoms with Crippen LogP contribution in [-0.4, -0.2) is 86.6 Å². The normalized spacial score (nSPS) is 25.3. The summed E-state index contributed by atoms with van der Waals surface area (Å²) in [5.74, 6) is -0.681. The summed E-state index contributed by atoms with van der Waals surface area (Å²) in [4.78, 5) is 12.9. The molecule has 1 aliphatic rings. The summed E-state index contributed by atoms with van der Waals surface area (Å²) in [6, 6.07) is 0. The predicted octanol–water partition coefficient (Wildman–Crippen LogP) is 0.871. The topological polar surface area (TPSA) is 138 Å². The number of amides is 1. The smallest absolute Gasteiger partial charge is 0.249 e. The quantitative estimate of drug-likeness (QED) is 0.143. The molecule has 0 aromatic carbocycles. The molecule has 7 N–H and O–H groups in total. The van der Waals surface area contributed by atoms with E-state index in [1.54, 1.807) is 6.92 Å². The molecule has 0 spiro atoms. The number of rotatable bonds is 20. The fraction of sp³-hybridized carbons (Fsp3) is 0.958. The first-order chi connectivity index (χ1) is 16.1. The third-order valence-corrected chi connectivity index (χ3v) is 6.06. The Bertz CT molecular complexity index is 486. The van der Waals surface area contributed by atoms with Crippen LogP contribution in [0.5, 0.6) is 0 Å². The molecule has 0 aromatic rings. The van der Waals surface area contributed by atoms with Crippen LogP contribution in [0.15, 0.2) is 0 Å². The van der Waals surface area contributed by atoms with Crippen LogP contribution in [0.1, 0.15) is 71.6 Å². The van der Waals surface area contributed by atoms with Gasteiger partial charge in [-0.1, -0.05) is 32.6 Å². The average Bonchev–Trinajstić information content (AvgIpc) is 2.81. The third-order valence-electron chi connectivity index (χ3n) is 6.06. The van der Waals surface area contributed by atoms with E-state index >= 15 is 0 Å². The molecule has 0 radical (unpaired) electrons. The highest BCUT2D eigenvalue weighted by atomic mass is 16.7. The largest absolute Gasteiger partial charge is 0.390 e. The molecule has 1 aliphatic heterocycles. The van der Waals surface area contributed by atoms with Crippen molar-refractivity contribution in [3.05, 3.63) is 0 Å². The van der Waals surface area contributed by atoms with Gasteiger partial charge in [-0.3, -0.25) is 4.79 Å². The maximum atomic E-state index is 12.9. The summed E-state index contributed by atoms with van der Waals surface area (Å²) in [7, 11) is 0. The molecule has 1 fully saturated rings. The highest BCUT2D eigenvalue weighted by Gasteiger charge is 2.47. The first kappa shape index (κ1) is 30.2. The lowest BCUT2D eigenvalue weighted by molar-refractivity contribution is -0.279. The number of carbonyl (C=O) groups is 1. The Kier molecular flexibility index (Phi) is 17.8. The molecular formula is C24H50N4O5. The van der Waals surface area contributed by atoms with E-state index in [1.165, 1.54) is 0 Å². The van der Waals surface area contributed by atoms with Crippen molar-refractivity contribution in [3.8, 4) is 0 Å². The van der Waals surface area contributed by atoms with Gasteiger partial charge in [0, 0.05) is 19.1 Å². The monoisotopic (exact) mass is 474 g/mol. The lowest BCUT2D eigenvalue weighted by atomic mass is 9.84. The minimum absolute atomic E-state index is 0.241. The molecule has 1 heterocycles. The molecule has 5 atom stereocenters. The molecule has 0 bridgehead atoms. The van der Waals surface area contributed by atoms with Crippen LogP contribution in [0.2, 0.25) is 0 Å². The van der Waals surface area contributed by atoms with Gasteiger partial charge in [0.15, 0.2) is 6.29 Å². The molecule has 0 aromatic heterocycles. The standard InChI is InChI=1S/C24H50N4O5/c1-3-5-6-7-12-19-20(29)21(30)24(32-4-2)33-22(19)23(31)28-18-11-17-27-15-9-8-14-26-16-10-13-25/h19-22,24,26-27,29-30H,3-18,25H2,1-2H3,(H,28,31). The van der Waals surface area contributed by atoms with Crippen LogP contribution >= 0.6 is 0 Å². The van der Waals surface area contributed by atoms with Gasteiger partial charge >= 0.3 is 0 Å². The van der Waals surface area contributed by atoms with Crippen molar-refractivity contribution in [3.63, 3.8) is 0 Å². The second kappa shape index (κ2) is 19.5. The molecule has 5 unspecified atom stereocenters. The molecule has 9 nitrogen and oxygen atoms in total. The van der Waals surface area contributed by atoms with Gasteiger partial charge in [0.05, 0.1) is 6.10 Å². The van der Waals surface area contributed by atoms with E-state index in [4.69, 9.17) is 15.2 Å². The van der Waals surface area contributed by atoms with E-state index < -0.39 is 30.5 Å². The van der Waals surface area contributed by atoms with Crippen LogP contribution in [0, 0.1) is 5.92 Å². The highest BCUT2D eigenvalue weighted by molar-refractivity contribution is 5.81. The number of hydrogen-bond donors (Lipinski definition) is 6. The number of nitrogens with two attached hydrogens (primary N) is 1. The number of ether oxygens (including phenoxy) is 2. The van der Waals surface area contributed by atoms with Gasteiger partial charge in [-0.2, -0.15) is 0 Å². The zero-order chi connectivity index (χ0) is 24.3. The Balaban J connectivity index is 2.33. The van der Waals surface area contributed by atoms with Gasteiger partial charge in [0.2, 0.25) is 5.91 Å². The van der Waals surface area contributed by atoms with Crippen molar-refractivity contribution in [2.24, 2.45) is 11.7 Å². The Morgan fingerprint density at radius 1 is 0.879 bits per heavy atom. The van der Waals surface area contributed by atoms with E-state index in [0.29, 0.717) is 19.6 Å². The Morgan fingerprint density at radius 2 is 1.55 bits per heavy atom. The van der Waals surface area contributed by atoms with Gasteiger partial charge in [-0.25, -0.2) is 0 Å². The van der Waals surface area contributed by atoms with Crippen molar-refractivity contribution >= 4 is 5.91 Å². The molecule has 9 heteroatoms. The number of aliphatic hydroxyl groups is 2. The first-order valence-corrected chi connectivity index (χ1v) is 13.1. The number of unbranched alkanes of at least 4 members (excludes halogenated alkanes) is 4. The Morgan fingerprint density at radius 3 is 2.18 bits per heavy atom. The summed E-state index contributed by atoms with van der Waals surface area (Å²) >= 11 is 0. The van der Waals surface area contributed by atoms with E-state index in [9.17, 15) is 15.0 Å². The molecule has 0 aliphatic carbocycles. The fourth-order valence-electron chi connectivity index (χ4n) is 4.11. The van der Waals surface area contributed by atoms with Gasteiger partial charge < -0.3 is 41.4 Å². The van der Waals surface area contributed by atoms with Gasteiger partial charge in [0.25, 0.3) is 0 Å². The molecule has 0 saturated carbocycles. The van der Waals surface area contributed by atoms with Crippen molar-refractivity contribution < 1.29 is 24.5 Å². The van der Waals surface area contributed by atoms with Crippen LogP contribution in [0.3, 0.4) is 0 Å². The lowest BCUT2D eigenvalue weighted by Gasteiger charge is -2.42. The summed E-state index contributed by atoms with van der Waals surface area (Å²) in [6.45, 7) is 9.31. The SMILES string of the molecule is CCCCCCC1C(C(=O)NCCCNCCCCNCCCN)OC(OCC)C(O)C1O. The number of hydrogen-bond acceptors (Lipinski definition) is 8. The summed E-state index contributed by atoms with van der Waals surface area (Å²) in [6.07, 6.45) is 4.86. The highest BCUT2D eigenvalue weighted by Crippen LogP contribution is 2.31. The zero-order valence-electron chi connectivity index (χ0n) is 20.9. The molecule has 33 heavy (non-hydrogen) atoms. The molecule has 1 saturated heterocycles. The molecule has 196 valence electrons. The second-order valence-electron chi connectivity index (χ2n) is 8.87. The maximum absolute atomic E-state index is 12.9. The van der Waals surface area contributed by atoms with Crippen molar-refractivity contribution in [1.29, 1.82) is 0 Å². The summed E-state index contributed by atoms with van der Waals surface area (Å²) in [5.41, 5.74) is 5.47. The minimum Gasteiger partial charge on any atom is -0.390 e. The molecular weight excluding hydrogens is 424 g/mol. The predicted molar refractivity (Wildman–Crippen MR) is 131 cm³/mol. The first-order valence-electron chi connectivity index (χ1n) is 13.1. The van der Waals surface area contributed by atoms with Gasteiger partial charge in [-0.15, -0.1) is 0 Å². The summed E-state index contributed by atoms with van der Waals surface area (Å²) < 4.78 is 11.2. The number of aliphatic hydroxyl groups excluding tert-OH is 2. The lowest BCUT2D eigenvalue weighted by Crippen LogP contribution is -2.59. The van der Waals surface area contributed by atoms with Crippen LogP contribution < -0.4 is 21.7 Å². The van der Waals surface area contributed by atoms with Gasteiger partial charge in [-0.05, 0) is 71.8 Å².